The molecule has 0 saturated heterocycles. The zero-order valence-electron chi connectivity index (χ0n) is 13.8. The lowest BCUT2D eigenvalue weighted by Crippen LogP contribution is -2.23. The van der Waals surface area contributed by atoms with Crippen LogP contribution >= 0.6 is 23.4 Å². The first-order chi connectivity index (χ1) is 12.6. The van der Waals surface area contributed by atoms with Crippen molar-refractivity contribution in [2.75, 3.05) is 0 Å². The van der Waals surface area contributed by atoms with Crippen LogP contribution < -0.4 is 5.32 Å². The lowest BCUT2D eigenvalue weighted by atomic mass is 10.2. The van der Waals surface area contributed by atoms with Gasteiger partial charge in [0.2, 0.25) is 0 Å². The van der Waals surface area contributed by atoms with Crippen LogP contribution in [0.3, 0.4) is 0 Å². The number of thioether (sulfide) groups is 1. The standard InChI is InChI=1S/C20H16ClFN2OS/c21-18-9-2-1-6-15(18)12-24-19(25)17-8-4-10-23-20(17)26-13-14-5-3-7-16(22)11-14/h1-11H,12-13H2,(H,24,25). The number of amides is 1. The van der Waals surface area contributed by atoms with Gasteiger partial charge in [-0.25, -0.2) is 9.37 Å². The van der Waals surface area contributed by atoms with E-state index in [4.69, 9.17) is 11.6 Å². The highest BCUT2D eigenvalue weighted by molar-refractivity contribution is 7.98. The Kier molecular flexibility index (Phi) is 6.26. The SMILES string of the molecule is O=C(NCc1ccccc1Cl)c1cccnc1SCc1cccc(F)c1. The van der Waals surface area contributed by atoms with Crippen molar-refractivity contribution in [1.82, 2.24) is 10.3 Å². The fourth-order valence-electron chi connectivity index (χ4n) is 2.37. The highest BCUT2D eigenvalue weighted by Gasteiger charge is 2.13. The number of benzene rings is 2. The third-order valence-corrected chi connectivity index (χ3v) is 5.12. The predicted octanol–water partition coefficient (Wildman–Crippen LogP) is 5.10. The number of carbonyl (C=O) groups excluding carboxylic acids is 1. The number of hydrogen-bond acceptors (Lipinski definition) is 3. The van der Waals surface area contributed by atoms with Crippen LogP contribution in [0, 0.1) is 5.82 Å². The fourth-order valence-corrected chi connectivity index (χ4v) is 3.51. The molecule has 0 radical (unpaired) electrons. The normalized spacial score (nSPS) is 10.5. The molecule has 0 unspecified atom stereocenters. The molecular weight excluding hydrogens is 371 g/mol. The van der Waals surface area contributed by atoms with Gasteiger partial charge in [-0.05, 0) is 41.5 Å². The molecule has 1 heterocycles. The maximum absolute atomic E-state index is 13.3. The van der Waals surface area contributed by atoms with Crippen molar-refractivity contribution in [3.05, 3.63) is 94.4 Å². The summed E-state index contributed by atoms with van der Waals surface area (Å²) in [6, 6.07) is 17.2. The Bertz CT molecular complexity index is 920. The molecule has 1 amide bonds. The van der Waals surface area contributed by atoms with Gasteiger partial charge in [0.25, 0.3) is 5.91 Å². The molecule has 6 heteroatoms. The van der Waals surface area contributed by atoms with Gasteiger partial charge >= 0.3 is 0 Å². The zero-order valence-corrected chi connectivity index (χ0v) is 15.4. The number of nitrogens with one attached hydrogen (secondary N) is 1. The number of pyridine rings is 1. The second kappa shape index (κ2) is 8.83. The molecule has 0 atom stereocenters. The molecule has 26 heavy (non-hydrogen) atoms. The smallest absolute Gasteiger partial charge is 0.254 e. The molecule has 0 saturated carbocycles. The Balaban J connectivity index is 1.68. The van der Waals surface area contributed by atoms with Crippen molar-refractivity contribution in [2.24, 2.45) is 0 Å². The molecule has 1 N–H and O–H groups in total. The summed E-state index contributed by atoms with van der Waals surface area (Å²) < 4.78 is 13.3. The summed E-state index contributed by atoms with van der Waals surface area (Å²) in [5.41, 5.74) is 2.17. The number of rotatable bonds is 6. The van der Waals surface area contributed by atoms with E-state index in [-0.39, 0.29) is 11.7 Å². The van der Waals surface area contributed by atoms with Crippen molar-refractivity contribution >= 4 is 29.3 Å². The molecule has 0 fully saturated rings. The van der Waals surface area contributed by atoms with Crippen molar-refractivity contribution in [3.8, 4) is 0 Å². The molecular formula is C20H16ClFN2OS. The van der Waals surface area contributed by atoms with Crippen LogP contribution in [-0.2, 0) is 12.3 Å². The molecule has 1 aromatic heterocycles. The maximum Gasteiger partial charge on any atom is 0.254 e. The number of aromatic nitrogens is 1. The van der Waals surface area contributed by atoms with E-state index < -0.39 is 0 Å². The molecule has 3 nitrogen and oxygen atoms in total. The van der Waals surface area contributed by atoms with E-state index in [1.54, 1.807) is 30.5 Å². The first kappa shape index (κ1) is 18.4. The van der Waals surface area contributed by atoms with Gasteiger partial charge in [0.15, 0.2) is 0 Å². The van der Waals surface area contributed by atoms with E-state index in [0.717, 1.165) is 11.1 Å². The lowest BCUT2D eigenvalue weighted by Gasteiger charge is -2.10. The minimum Gasteiger partial charge on any atom is -0.348 e. The maximum atomic E-state index is 13.3. The van der Waals surface area contributed by atoms with Gasteiger partial charge in [-0.1, -0.05) is 41.9 Å². The first-order valence-electron chi connectivity index (χ1n) is 7.97. The Morgan fingerprint density at radius 3 is 2.77 bits per heavy atom. The van der Waals surface area contributed by atoms with Gasteiger partial charge in [-0.15, -0.1) is 11.8 Å². The van der Waals surface area contributed by atoms with Crippen LogP contribution in [0.15, 0.2) is 71.9 Å². The molecule has 0 aliphatic carbocycles. The summed E-state index contributed by atoms with van der Waals surface area (Å²) in [7, 11) is 0. The first-order valence-corrected chi connectivity index (χ1v) is 9.33. The Morgan fingerprint density at radius 2 is 1.96 bits per heavy atom. The van der Waals surface area contributed by atoms with E-state index in [2.05, 4.69) is 10.3 Å². The number of hydrogen-bond donors (Lipinski definition) is 1. The van der Waals surface area contributed by atoms with Crippen molar-refractivity contribution < 1.29 is 9.18 Å². The molecule has 0 aliphatic rings. The minimum absolute atomic E-state index is 0.222. The van der Waals surface area contributed by atoms with Crippen LogP contribution in [0.2, 0.25) is 5.02 Å². The van der Waals surface area contributed by atoms with E-state index in [1.807, 2.05) is 24.3 Å². The number of nitrogens with zero attached hydrogens (tertiary/aromatic N) is 1. The Morgan fingerprint density at radius 1 is 1.12 bits per heavy atom. The quantitative estimate of drug-likeness (QED) is 0.599. The van der Waals surface area contributed by atoms with Crippen LogP contribution in [0.25, 0.3) is 0 Å². The minimum atomic E-state index is -0.276. The summed E-state index contributed by atoms with van der Waals surface area (Å²) in [4.78, 5) is 16.8. The molecule has 3 aromatic rings. The third kappa shape index (κ3) is 4.84. The van der Waals surface area contributed by atoms with Gasteiger partial charge < -0.3 is 5.32 Å². The number of halogens is 2. The molecule has 0 bridgehead atoms. The largest absolute Gasteiger partial charge is 0.348 e. The molecule has 132 valence electrons. The van der Waals surface area contributed by atoms with Crippen LogP contribution in [-0.4, -0.2) is 10.9 Å². The summed E-state index contributed by atoms with van der Waals surface area (Å²) in [5, 5.41) is 4.08. The van der Waals surface area contributed by atoms with E-state index in [9.17, 15) is 9.18 Å². The van der Waals surface area contributed by atoms with Gasteiger partial charge in [-0.2, -0.15) is 0 Å². The van der Waals surface area contributed by atoms with E-state index >= 15 is 0 Å². The molecule has 0 aliphatic heterocycles. The monoisotopic (exact) mass is 386 g/mol. The molecule has 2 aromatic carbocycles. The topological polar surface area (TPSA) is 42.0 Å². The van der Waals surface area contributed by atoms with E-state index in [1.165, 1.54) is 23.9 Å². The summed E-state index contributed by atoms with van der Waals surface area (Å²) in [6.45, 7) is 0.335. The van der Waals surface area contributed by atoms with Gasteiger partial charge in [0, 0.05) is 23.5 Å². The predicted molar refractivity (Wildman–Crippen MR) is 103 cm³/mol. The summed E-state index contributed by atoms with van der Waals surface area (Å²) in [6.07, 6.45) is 1.64. The highest BCUT2D eigenvalue weighted by Crippen LogP contribution is 2.24. The lowest BCUT2D eigenvalue weighted by molar-refractivity contribution is 0.0947. The van der Waals surface area contributed by atoms with Crippen LogP contribution in [0.1, 0.15) is 21.5 Å². The third-order valence-electron chi connectivity index (χ3n) is 3.68. The van der Waals surface area contributed by atoms with Crippen molar-refractivity contribution in [2.45, 2.75) is 17.3 Å². The van der Waals surface area contributed by atoms with Crippen molar-refractivity contribution in [1.29, 1.82) is 0 Å². The molecule has 3 rings (SSSR count). The van der Waals surface area contributed by atoms with Gasteiger partial charge in [0.05, 0.1) is 5.56 Å². The molecule has 0 spiro atoms. The second-order valence-corrected chi connectivity index (χ2v) is 6.92. The van der Waals surface area contributed by atoms with Gasteiger partial charge in [0.1, 0.15) is 10.8 Å². The average Bonchev–Trinajstić information content (AvgIpc) is 2.66. The summed E-state index contributed by atoms with van der Waals surface area (Å²) in [5.74, 6) is 0.0288. The van der Waals surface area contributed by atoms with Gasteiger partial charge in [-0.3, -0.25) is 4.79 Å². The Hall–Kier alpha value is -2.37. The fraction of sp³-hybridized carbons (Fsp3) is 0.100. The second-order valence-electron chi connectivity index (χ2n) is 5.55. The van der Waals surface area contributed by atoms with Crippen molar-refractivity contribution in [3.63, 3.8) is 0 Å². The summed E-state index contributed by atoms with van der Waals surface area (Å²) >= 11 is 7.51. The van der Waals surface area contributed by atoms with Crippen LogP contribution in [0.5, 0.6) is 0 Å². The van der Waals surface area contributed by atoms with Crippen LogP contribution in [0.4, 0.5) is 4.39 Å². The zero-order chi connectivity index (χ0) is 18.4. The Labute approximate surface area is 160 Å². The average molecular weight is 387 g/mol. The highest BCUT2D eigenvalue weighted by atomic mass is 35.5. The number of carbonyl (C=O) groups is 1. The van der Waals surface area contributed by atoms with E-state index in [0.29, 0.717) is 27.9 Å².